The molecule has 3 rings (SSSR count). The van der Waals surface area contributed by atoms with E-state index in [4.69, 9.17) is 0 Å². The summed E-state index contributed by atoms with van der Waals surface area (Å²) in [6.45, 7) is 4.00. The van der Waals surface area contributed by atoms with Gasteiger partial charge in [-0.25, -0.2) is 18.6 Å². The number of aliphatic hydroxyl groups is 1. The first-order chi connectivity index (χ1) is 13.3. The van der Waals surface area contributed by atoms with Crippen LogP contribution < -0.4 is 5.32 Å². The fourth-order valence-corrected chi connectivity index (χ4v) is 4.03. The first kappa shape index (κ1) is 20.3. The predicted molar refractivity (Wildman–Crippen MR) is 98.9 cm³/mol. The van der Waals surface area contributed by atoms with Gasteiger partial charge in [-0.2, -0.15) is 0 Å². The number of hydrogen-bond donors (Lipinski definition) is 3. The molecule has 1 aliphatic rings. The molecule has 0 fully saturated rings. The van der Waals surface area contributed by atoms with E-state index in [0.29, 0.717) is 37.2 Å². The van der Waals surface area contributed by atoms with Crippen molar-refractivity contribution in [3.8, 4) is 0 Å². The van der Waals surface area contributed by atoms with Gasteiger partial charge in [0.2, 0.25) is 0 Å². The zero-order valence-electron chi connectivity index (χ0n) is 16.0. The molecule has 1 aliphatic heterocycles. The summed E-state index contributed by atoms with van der Waals surface area (Å²) in [7, 11) is 0. The van der Waals surface area contributed by atoms with Crippen LogP contribution in [0.5, 0.6) is 0 Å². The van der Waals surface area contributed by atoms with Crippen LogP contribution in [0.4, 0.5) is 13.6 Å². The van der Waals surface area contributed by atoms with Gasteiger partial charge in [0.1, 0.15) is 11.4 Å². The molecule has 6 nitrogen and oxygen atoms in total. The van der Waals surface area contributed by atoms with Gasteiger partial charge in [0.05, 0.1) is 17.9 Å². The molecular weight excluding hydrogens is 368 g/mol. The zero-order chi connectivity index (χ0) is 20.5. The lowest BCUT2D eigenvalue weighted by Gasteiger charge is -2.28. The smallest absolute Gasteiger partial charge is 0.405 e. The highest BCUT2D eigenvalue weighted by Crippen LogP contribution is 2.38. The number of carboxylic acid groups (broad SMARTS) is 1. The second-order valence-electron chi connectivity index (χ2n) is 7.27. The summed E-state index contributed by atoms with van der Waals surface area (Å²) in [6, 6.07) is 3.50. The molecule has 1 amide bonds. The van der Waals surface area contributed by atoms with Crippen molar-refractivity contribution in [1.29, 1.82) is 0 Å². The van der Waals surface area contributed by atoms with E-state index in [1.54, 1.807) is 16.8 Å². The fourth-order valence-electron chi connectivity index (χ4n) is 4.03. The van der Waals surface area contributed by atoms with Crippen molar-refractivity contribution in [1.82, 2.24) is 14.9 Å². The summed E-state index contributed by atoms with van der Waals surface area (Å²) in [4.78, 5) is 15.6. The average molecular weight is 393 g/mol. The number of aromatic nitrogens is 2. The second kappa shape index (κ2) is 7.87. The minimum absolute atomic E-state index is 0.248. The van der Waals surface area contributed by atoms with Gasteiger partial charge >= 0.3 is 6.09 Å². The molecule has 0 saturated carbocycles. The highest BCUT2D eigenvalue weighted by molar-refractivity contribution is 5.65. The van der Waals surface area contributed by atoms with Crippen molar-refractivity contribution in [3.05, 3.63) is 53.1 Å². The van der Waals surface area contributed by atoms with Crippen LogP contribution >= 0.6 is 0 Å². The maximum absolute atomic E-state index is 14.4. The van der Waals surface area contributed by atoms with E-state index >= 15 is 0 Å². The number of amides is 1. The molecule has 0 spiro atoms. The second-order valence-corrected chi connectivity index (χ2v) is 7.27. The summed E-state index contributed by atoms with van der Waals surface area (Å²) in [5, 5.41) is 22.7. The highest BCUT2D eigenvalue weighted by Gasteiger charge is 2.35. The molecule has 8 heteroatoms. The number of carbonyl (C=O) groups is 1. The van der Waals surface area contributed by atoms with Gasteiger partial charge in [-0.1, -0.05) is 26.0 Å². The van der Waals surface area contributed by atoms with Gasteiger partial charge in [-0.05, 0) is 37.3 Å². The third kappa shape index (κ3) is 3.61. The molecule has 3 N–H and O–H groups in total. The standard InChI is InChI=1S/C20H25F2N3O3/c1-3-20(28,4-2)16-10-23-18-15(24-19(26)27)9-8-12(11-25(16)18)13-6-5-7-14(21)17(13)22/h5-7,10,12,15,24,28H,3-4,8-9,11H2,1-2H3,(H,26,27)/t12-,15-/m1/s1. The lowest BCUT2D eigenvalue weighted by atomic mass is 9.91. The molecule has 28 heavy (non-hydrogen) atoms. The van der Waals surface area contributed by atoms with Crippen molar-refractivity contribution in [2.45, 2.75) is 63.6 Å². The van der Waals surface area contributed by atoms with Crippen LogP contribution in [0, 0.1) is 11.6 Å². The van der Waals surface area contributed by atoms with Crippen LogP contribution in [-0.2, 0) is 12.1 Å². The molecule has 0 saturated heterocycles. The molecular formula is C20H25F2N3O3. The Morgan fingerprint density at radius 3 is 2.68 bits per heavy atom. The van der Waals surface area contributed by atoms with Gasteiger partial charge in [-0.15, -0.1) is 0 Å². The number of imidazole rings is 1. The Morgan fingerprint density at radius 2 is 2.04 bits per heavy atom. The summed E-state index contributed by atoms with van der Waals surface area (Å²) >= 11 is 0. The Labute approximate surface area is 162 Å². The van der Waals surface area contributed by atoms with E-state index in [9.17, 15) is 23.8 Å². The van der Waals surface area contributed by atoms with E-state index in [1.165, 1.54) is 6.07 Å². The molecule has 2 heterocycles. The van der Waals surface area contributed by atoms with Crippen molar-refractivity contribution in [2.24, 2.45) is 0 Å². The maximum Gasteiger partial charge on any atom is 0.405 e. The number of halogens is 2. The molecule has 0 bridgehead atoms. The molecule has 152 valence electrons. The highest BCUT2D eigenvalue weighted by atomic mass is 19.2. The summed E-state index contributed by atoms with van der Waals surface area (Å²) in [6.07, 6.45) is 2.11. The van der Waals surface area contributed by atoms with E-state index in [2.05, 4.69) is 10.3 Å². The first-order valence-electron chi connectivity index (χ1n) is 9.52. The Morgan fingerprint density at radius 1 is 1.32 bits per heavy atom. The minimum Gasteiger partial charge on any atom is -0.465 e. The third-order valence-electron chi connectivity index (χ3n) is 5.77. The Bertz CT molecular complexity index is 864. The zero-order valence-corrected chi connectivity index (χ0v) is 16.0. The Balaban J connectivity index is 2.09. The normalized spacial score (nSPS) is 19.8. The van der Waals surface area contributed by atoms with Crippen molar-refractivity contribution in [3.63, 3.8) is 0 Å². The van der Waals surface area contributed by atoms with Gasteiger partial charge in [0.25, 0.3) is 0 Å². The molecule has 0 unspecified atom stereocenters. The van der Waals surface area contributed by atoms with Crippen molar-refractivity contribution >= 4 is 6.09 Å². The quantitative estimate of drug-likeness (QED) is 0.715. The predicted octanol–water partition coefficient (Wildman–Crippen LogP) is 4.06. The van der Waals surface area contributed by atoms with Crippen LogP contribution in [-0.4, -0.2) is 25.9 Å². The Kier molecular flexibility index (Phi) is 5.69. The minimum atomic E-state index is -1.18. The maximum atomic E-state index is 14.4. The Hall–Kier alpha value is -2.48. The topological polar surface area (TPSA) is 87.4 Å². The number of fused-ring (bicyclic) bond motifs is 1. The molecule has 2 atom stereocenters. The van der Waals surface area contributed by atoms with Gasteiger partial charge in [-0.3, -0.25) is 0 Å². The van der Waals surface area contributed by atoms with Gasteiger partial charge in [0, 0.05) is 12.5 Å². The van der Waals surface area contributed by atoms with Crippen LogP contribution in [0.1, 0.15) is 68.6 Å². The van der Waals surface area contributed by atoms with Crippen LogP contribution in [0.3, 0.4) is 0 Å². The largest absolute Gasteiger partial charge is 0.465 e. The fraction of sp³-hybridized carbons (Fsp3) is 0.500. The van der Waals surface area contributed by atoms with Gasteiger partial charge < -0.3 is 20.1 Å². The first-order valence-corrected chi connectivity index (χ1v) is 9.52. The van der Waals surface area contributed by atoms with E-state index < -0.39 is 29.4 Å². The monoisotopic (exact) mass is 393 g/mol. The summed E-state index contributed by atoms with van der Waals surface area (Å²) in [5.41, 5.74) is -0.319. The molecule has 1 aromatic heterocycles. The van der Waals surface area contributed by atoms with E-state index in [-0.39, 0.29) is 18.0 Å². The van der Waals surface area contributed by atoms with E-state index in [0.717, 1.165) is 6.07 Å². The number of rotatable bonds is 5. The van der Waals surface area contributed by atoms with Gasteiger partial charge in [0.15, 0.2) is 11.6 Å². The van der Waals surface area contributed by atoms with Crippen LogP contribution in [0.25, 0.3) is 0 Å². The summed E-state index contributed by atoms with van der Waals surface area (Å²) in [5.74, 6) is -1.69. The lowest BCUT2D eigenvalue weighted by Crippen LogP contribution is -2.31. The van der Waals surface area contributed by atoms with E-state index in [1.807, 2.05) is 13.8 Å². The number of hydrogen-bond acceptors (Lipinski definition) is 3. The lowest BCUT2D eigenvalue weighted by molar-refractivity contribution is 0.0199. The average Bonchev–Trinajstić information content (AvgIpc) is 3.01. The number of nitrogens with zero attached hydrogens (tertiary/aromatic N) is 2. The van der Waals surface area contributed by atoms with Crippen LogP contribution in [0.2, 0.25) is 0 Å². The van der Waals surface area contributed by atoms with Crippen molar-refractivity contribution < 1.29 is 23.8 Å². The number of nitrogens with one attached hydrogen (secondary N) is 1. The molecule has 0 aliphatic carbocycles. The SMILES string of the molecule is CCC(O)(CC)c1cnc2n1C[C@H](c1cccc(F)c1F)CC[C@H]2NC(=O)O. The third-order valence-corrected chi connectivity index (χ3v) is 5.77. The molecule has 1 aromatic carbocycles. The summed E-state index contributed by atoms with van der Waals surface area (Å²) < 4.78 is 30.0. The van der Waals surface area contributed by atoms with Crippen LogP contribution in [0.15, 0.2) is 24.4 Å². The number of benzene rings is 1. The van der Waals surface area contributed by atoms with Crippen molar-refractivity contribution in [2.75, 3.05) is 0 Å². The molecule has 2 aromatic rings. The molecule has 0 radical (unpaired) electrons.